The van der Waals surface area contributed by atoms with Gasteiger partial charge >= 0.3 is 0 Å². The Balaban J connectivity index is 0.000000170. The van der Waals surface area contributed by atoms with Crippen LogP contribution in [0.1, 0.15) is 63.8 Å². The topological polar surface area (TPSA) is 68.3 Å². The van der Waals surface area contributed by atoms with Crippen LogP contribution in [0.15, 0.2) is 48.8 Å². The lowest BCUT2D eigenvalue weighted by molar-refractivity contribution is 0.0681. The van der Waals surface area contributed by atoms with Gasteiger partial charge in [0.1, 0.15) is 0 Å². The van der Waals surface area contributed by atoms with Gasteiger partial charge in [-0.25, -0.2) is 9.03 Å². The quantitative estimate of drug-likeness (QED) is 0.216. The van der Waals surface area contributed by atoms with E-state index in [1.54, 1.807) is 0 Å². The number of rotatable bonds is 10. The number of aryl methyl sites for hydroxylation is 2. The molecular formula is C34H49ClN6O2. The van der Waals surface area contributed by atoms with Gasteiger partial charge in [-0.1, -0.05) is 26.0 Å². The molecular weight excluding hydrogens is 560 g/mol. The maximum atomic E-state index is 5.55. The average Bonchev–Trinajstić information content (AvgIpc) is 3.67. The van der Waals surface area contributed by atoms with E-state index < -0.39 is 0 Å². The van der Waals surface area contributed by atoms with Gasteiger partial charge in [0.2, 0.25) is 0 Å². The Morgan fingerprint density at radius 1 is 0.721 bits per heavy atom. The van der Waals surface area contributed by atoms with Crippen molar-refractivity contribution in [2.24, 2.45) is 17.8 Å². The number of halogens is 1. The van der Waals surface area contributed by atoms with Crippen molar-refractivity contribution in [1.29, 1.82) is 0 Å². The van der Waals surface area contributed by atoms with Crippen LogP contribution in [-0.2, 0) is 22.3 Å². The Hall–Kier alpha value is -2.81. The second-order valence-corrected chi connectivity index (χ2v) is 12.2. The van der Waals surface area contributed by atoms with Crippen LogP contribution in [0.5, 0.6) is 0 Å². The summed E-state index contributed by atoms with van der Waals surface area (Å²) in [5.41, 5.74) is 7.41. The Morgan fingerprint density at radius 2 is 1.26 bits per heavy atom. The second kappa shape index (κ2) is 15.3. The van der Waals surface area contributed by atoms with Crippen LogP contribution in [-0.4, -0.2) is 65.3 Å². The molecule has 0 unspecified atom stereocenters. The Bertz CT molecular complexity index is 1420. The molecule has 7 rings (SSSR count). The molecule has 0 amide bonds. The highest BCUT2D eigenvalue weighted by molar-refractivity contribution is 5.85. The van der Waals surface area contributed by atoms with E-state index in [4.69, 9.17) is 14.6 Å². The third-order valence-electron chi connectivity index (χ3n) is 9.09. The van der Waals surface area contributed by atoms with Crippen molar-refractivity contribution >= 4 is 34.8 Å². The molecule has 2 saturated heterocycles. The summed E-state index contributed by atoms with van der Waals surface area (Å²) < 4.78 is 15.0. The molecule has 4 aromatic heterocycles. The van der Waals surface area contributed by atoms with Crippen molar-refractivity contribution in [2.75, 3.05) is 56.3 Å². The highest BCUT2D eigenvalue weighted by Crippen LogP contribution is 2.35. The van der Waals surface area contributed by atoms with Crippen LogP contribution in [0.4, 0.5) is 11.4 Å². The summed E-state index contributed by atoms with van der Waals surface area (Å²) in [5, 5.41) is 13.1. The van der Waals surface area contributed by atoms with E-state index in [9.17, 15) is 0 Å². The van der Waals surface area contributed by atoms with Gasteiger partial charge in [-0.3, -0.25) is 0 Å². The first-order chi connectivity index (χ1) is 20.7. The van der Waals surface area contributed by atoms with E-state index in [1.807, 2.05) is 16.8 Å². The number of pyridine rings is 2. The van der Waals surface area contributed by atoms with Gasteiger partial charge in [-0.05, 0) is 93.4 Å². The van der Waals surface area contributed by atoms with E-state index in [2.05, 4.69) is 70.2 Å². The number of hydrogen-bond donors (Lipinski definition) is 1. The number of ether oxygens (including phenoxy) is 2. The number of nitrogens with one attached hydrogen (secondary N) is 1. The van der Waals surface area contributed by atoms with Crippen molar-refractivity contribution in [1.82, 2.24) is 19.2 Å². The Kier molecular flexibility index (Phi) is 11.2. The summed E-state index contributed by atoms with van der Waals surface area (Å²) in [7, 11) is 0. The molecule has 0 atom stereocenters. The zero-order valence-electron chi connectivity index (χ0n) is 25.9. The Labute approximate surface area is 262 Å². The number of fused-ring (bicyclic) bond motifs is 2. The minimum Gasteiger partial charge on any atom is -0.381 e. The summed E-state index contributed by atoms with van der Waals surface area (Å²) in [6, 6.07) is 12.6. The SMILES string of the molecule is CCc1nn2ccccc2c1N(CC1CCOCC1)CC1CC1.CCc1nn2ccccc2c1NCC1CCOCC1.Cl. The third-order valence-corrected chi connectivity index (χ3v) is 9.09. The number of anilines is 2. The molecule has 1 N–H and O–H groups in total. The van der Waals surface area contributed by atoms with Gasteiger partial charge in [0, 0.05) is 58.5 Å². The van der Waals surface area contributed by atoms with Gasteiger partial charge in [-0.15, -0.1) is 12.4 Å². The van der Waals surface area contributed by atoms with E-state index in [0.29, 0.717) is 0 Å². The molecule has 234 valence electrons. The largest absolute Gasteiger partial charge is 0.381 e. The number of nitrogens with zero attached hydrogens (tertiary/aromatic N) is 5. The van der Waals surface area contributed by atoms with Crippen LogP contribution in [0, 0.1) is 17.8 Å². The lowest BCUT2D eigenvalue weighted by Gasteiger charge is -2.31. The zero-order chi connectivity index (χ0) is 28.7. The first kappa shape index (κ1) is 31.6. The van der Waals surface area contributed by atoms with E-state index >= 15 is 0 Å². The van der Waals surface area contributed by atoms with Gasteiger partial charge in [0.25, 0.3) is 0 Å². The van der Waals surface area contributed by atoms with Gasteiger partial charge in [-0.2, -0.15) is 10.2 Å². The summed E-state index contributed by atoms with van der Waals surface area (Å²) in [4.78, 5) is 2.65. The first-order valence-corrected chi connectivity index (χ1v) is 16.3. The van der Waals surface area contributed by atoms with Crippen molar-refractivity contribution < 1.29 is 9.47 Å². The molecule has 9 heteroatoms. The fourth-order valence-corrected chi connectivity index (χ4v) is 6.41. The molecule has 6 heterocycles. The first-order valence-electron chi connectivity index (χ1n) is 16.3. The zero-order valence-corrected chi connectivity index (χ0v) is 26.7. The highest BCUT2D eigenvalue weighted by atomic mass is 35.5. The van der Waals surface area contributed by atoms with Crippen molar-refractivity contribution in [2.45, 2.75) is 65.2 Å². The third kappa shape index (κ3) is 7.83. The molecule has 4 aromatic rings. The predicted octanol–water partition coefficient (Wildman–Crippen LogP) is 6.70. The molecule has 0 bridgehead atoms. The highest BCUT2D eigenvalue weighted by Gasteiger charge is 2.29. The van der Waals surface area contributed by atoms with Crippen LogP contribution < -0.4 is 10.2 Å². The normalized spacial score (nSPS) is 17.8. The van der Waals surface area contributed by atoms with Gasteiger partial charge in [0.15, 0.2) is 0 Å². The monoisotopic (exact) mass is 608 g/mol. The second-order valence-electron chi connectivity index (χ2n) is 12.2. The molecule has 43 heavy (non-hydrogen) atoms. The molecule has 8 nitrogen and oxygen atoms in total. The van der Waals surface area contributed by atoms with E-state index in [-0.39, 0.29) is 12.4 Å². The molecule has 3 aliphatic rings. The molecule has 3 fully saturated rings. The standard InChI is InChI=1S/C19H27N3O.C15H21N3O.ClH/c1-2-17-19(18-5-3-4-10-22(18)20-17)21(13-15-6-7-15)14-16-8-11-23-12-9-16;1-2-13-15(14-5-3-4-8-18(14)17-13)16-11-12-6-9-19-10-7-12;/h3-5,10,15-16H,2,6-9,11-14H2,1H3;3-5,8,12,16H,2,6-7,9-11H2,1H3;1H. The van der Waals surface area contributed by atoms with Crippen molar-refractivity contribution in [3.63, 3.8) is 0 Å². The van der Waals surface area contributed by atoms with Crippen LogP contribution in [0.3, 0.4) is 0 Å². The molecule has 0 aromatic carbocycles. The summed E-state index contributed by atoms with van der Waals surface area (Å²) in [6.45, 7) is 11.4. The average molecular weight is 609 g/mol. The van der Waals surface area contributed by atoms with Crippen molar-refractivity contribution in [3.8, 4) is 0 Å². The predicted molar refractivity (Wildman–Crippen MR) is 177 cm³/mol. The summed E-state index contributed by atoms with van der Waals surface area (Å²) in [5.74, 6) is 2.36. The maximum absolute atomic E-state index is 5.55. The van der Waals surface area contributed by atoms with Crippen LogP contribution in [0.2, 0.25) is 0 Å². The smallest absolute Gasteiger partial charge is 0.0898 e. The lowest BCUT2D eigenvalue weighted by Crippen LogP contribution is -2.34. The molecule has 1 aliphatic carbocycles. The van der Waals surface area contributed by atoms with E-state index in [0.717, 1.165) is 88.6 Å². The molecule has 0 radical (unpaired) electrons. The summed E-state index contributed by atoms with van der Waals surface area (Å²) in [6.07, 6.45) is 13.5. The summed E-state index contributed by atoms with van der Waals surface area (Å²) >= 11 is 0. The molecule has 2 aliphatic heterocycles. The fourth-order valence-electron chi connectivity index (χ4n) is 6.41. The molecule has 0 spiro atoms. The van der Waals surface area contributed by atoms with Crippen LogP contribution >= 0.6 is 12.4 Å². The molecule has 1 saturated carbocycles. The van der Waals surface area contributed by atoms with Gasteiger partial charge in [0.05, 0.1) is 33.8 Å². The van der Waals surface area contributed by atoms with E-state index in [1.165, 1.54) is 60.3 Å². The van der Waals surface area contributed by atoms with Crippen molar-refractivity contribution in [3.05, 3.63) is 60.2 Å². The minimum absolute atomic E-state index is 0. The minimum atomic E-state index is 0. The fraction of sp³-hybridized carbons (Fsp3) is 0.588. The number of hydrogen-bond acceptors (Lipinski definition) is 6. The number of aromatic nitrogens is 4. The Morgan fingerprint density at radius 3 is 1.86 bits per heavy atom. The van der Waals surface area contributed by atoms with Crippen LogP contribution in [0.25, 0.3) is 11.0 Å². The lowest BCUT2D eigenvalue weighted by atomic mass is 9.99. The maximum Gasteiger partial charge on any atom is 0.0898 e. The van der Waals surface area contributed by atoms with Gasteiger partial charge < -0.3 is 19.7 Å².